The number of ketones is 1. The number of anilines is 1. The third kappa shape index (κ3) is 2.27. The van der Waals surface area contributed by atoms with Gasteiger partial charge in [-0.05, 0) is 24.8 Å². The molecular weight excluding hydrogens is 206 g/mol. The average Bonchev–Trinajstić information content (AvgIpc) is 2.84. The maximum atomic E-state index is 11.1. The number of carbonyl (C=O) groups is 1. The van der Waals surface area contributed by atoms with Crippen LogP contribution in [0.15, 0.2) is 16.5 Å². The van der Waals surface area contributed by atoms with Crippen molar-refractivity contribution in [1.29, 1.82) is 0 Å². The van der Waals surface area contributed by atoms with Crippen LogP contribution < -0.4 is 4.90 Å². The van der Waals surface area contributed by atoms with E-state index in [4.69, 9.17) is 9.52 Å². The van der Waals surface area contributed by atoms with Gasteiger partial charge in [-0.1, -0.05) is 0 Å². The number of hydrogen-bond donors (Lipinski definition) is 1. The minimum atomic E-state index is -0.0441. The molecule has 0 bridgehead atoms. The van der Waals surface area contributed by atoms with E-state index < -0.39 is 0 Å². The van der Waals surface area contributed by atoms with Crippen LogP contribution in [0.3, 0.4) is 0 Å². The zero-order chi connectivity index (χ0) is 11.5. The normalized spacial score (nSPS) is 20.4. The molecule has 1 fully saturated rings. The summed E-state index contributed by atoms with van der Waals surface area (Å²) in [5, 5.41) is 8.87. The lowest BCUT2D eigenvalue weighted by molar-refractivity contribution is 0.0988. The van der Waals surface area contributed by atoms with Gasteiger partial charge in [0.15, 0.2) is 17.4 Å². The highest BCUT2D eigenvalue weighted by Crippen LogP contribution is 2.27. The van der Waals surface area contributed by atoms with E-state index in [2.05, 4.69) is 4.90 Å². The molecule has 1 aliphatic heterocycles. The lowest BCUT2D eigenvalue weighted by Crippen LogP contribution is -2.19. The number of hydrogen-bond acceptors (Lipinski definition) is 4. The molecule has 1 aromatic heterocycles. The van der Waals surface area contributed by atoms with Gasteiger partial charge in [-0.25, -0.2) is 0 Å². The van der Waals surface area contributed by atoms with Crippen LogP contribution in [-0.2, 0) is 0 Å². The Morgan fingerprint density at radius 2 is 2.44 bits per heavy atom. The molecule has 1 aromatic rings. The summed E-state index contributed by atoms with van der Waals surface area (Å²) < 4.78 is 5.47. The standard InChI is InChI=1S/C12H17NO3/c1-9(15)11-2-3-12(16-11)13-6-4-10(8-13)5-7-14/h2-3,10,14H,4-8H2,1H3. The molecule has 0 saturated carbocycles. The molecule has 0 amide bonds. The molecule has 0 aromatic carbocycles. The van der Waals surface area contributed by atoms with E-state index in [0.717, 1.165) is 31.8 Å². The molecule has 1 aliphatic rings. The predicted octanol–water partition coefficient (Wildman–Crippen LogP) is 1.69. The molecule has 4 nitrogen and oxygen atoms in total. The Morgan fingerprint density at radius 1 is 1.62 bits per heavy atom. The third-order valence-electron chi connectivity index (χ3n) is 3.07. The van der Waals surface area contributed by atoms with Crippen LogP contribution in [0.25, 0.3) is 0 Å². The molecule has 0 spiro atoms. The van der Waals surface area contributed by atoms with E-state index >= 15 is 0 Å². The summed E-state index contributed by atoms with van der Waals surface area (Å²) in [5.41, 5.74) is 0. The van der Waals surface area contributed by atoms with Gasteiger partial charge in [-0.15, -0.1) is 0 Å². The summed E-state index contributed by atoms with van der Waals surface area (Å²) in [6.07, 6.45) is 1.92. The van der Waals surface area contributed by atoms with Crippen molar-refractivity contribution < 1.29 is 14.3 Å². The quantitative estimate of drug-likeness (QED) is 0.789. The van der Waals surface area contributed by atoms with Crippen LogP contribution in [0.4, 0.5) is 5.88 Å². The molecular formula is C12H17NO3. The van der Waals surface area contributed by atoms with Gasteiger partial charge in [0, 0.05) is 32.7 Å². The number of furan rings is 1. The molecule has 0 aliphatic carbocycles. The molecule has 1 saturated heterocycles. The maximum Gasteiger partial charge on any atom is 0.196 e. The Labute approximate surface area is 94.9 Å². The minimum Gasteiger partial charge on any atom is -0.437 e. The number of Topliss-reactive ketones (excluding diaryl/α,β-unsaturated/α-hetero) is 1. The van der Waals surface area contributed by atoms with Crippen molar-refractivity contribution in [2.75, 3.05) is 24.6 Å². The molecule has 1 unspecified atom stereocenters. The van der Waals surface area contributed by atoms with Gasteiger partial charge in [0.05, 0.1) is 0 Å². The van der Waals surface area contributed by atoms with Crippen molar-refractivity contribution in [3.63, 3.8) is 0 Å². The van der Waals surface area contributed by atoms with Crippen molar-refractivity contribution in [1.82, 2.24) is 0 Å². The summed E-state index contributed by atoms with van der Waals surface area (Å²) in [7, 11) is 0. The Kier molecular flexibility index (Phi) is 3.29. The first kappa shape index (κ1) is 11.2. The second-order valence-electron chi connectivity index (χ2n) is 4.31. The first-order valence-corrected chi connectivity index (χ1v) is 5.67. The highest BCUT2D eigenvalue weighted by Gasteiger charge is 2.24. The SMILES string of the molecule is CC(=O)c1ccc(N2CCC(CCO)C2)o1. The van der Waals surface area contributed by atoms with E-state index in [-0.39, 0.29) is 12.4 Å². The number of nitrogens with zero attached hydrogens (tertiary/aromatic N) is 1. The van der Waals surface area contributed by atoms with Gasteiger partial charge in [-0.2, -0.15) is 0 Å². The minimum absolute atomic E-state index is 0.0441. The molecule has 2 heterocycles. The number of carbonyl (C=O) groups excluding carboxylic acids is 1. The van der Waals surface area contributed by atoms with E-state index in [1.165, 1.54) is 6.92 Å². The van der Waals surface area contributed by atoms with E-state index in [1.807, 2.05) is 6.07 Å². The van der Waals surface area contributed by atoms with E-state index in [9.17, 15) is 4.79 Å². The second kappa shape index (κ2) is 4.70. The highest BCUT2D eigenvalue weighted by molar-refractivity contribution is 5.91. The van der Waals surface area contributed by atoms with Crippen LogP contribution in [0.1, 0.15) is 30.3 Å². The monoisotopic (exact) mass is 223 g/mol. The first-order valence-electron chi connectivity index (χ1n) is 5.67. The van der Waals surface area contributed by atoms with Crippen molar-refractivity contribution in [3.05, 3.63) is 17.9 Å². The van der Waals surface area contributed by atoms with Gasteiger partial charge in [0.1, 0.15) is 0 Å². The van der Waals surface area contributed by atoms with Crippen LogP contribution >= 0.6 is 0 Å². The van der Waals surface area contributed by atoms with Gasteiger partial charge in [0.2, 0.25) is 0 Å². The highest BCUT2D eigenvalue weighted by atomic mass is 16.4. The smallest absolute Gasteiger partial charge is 0.196 e. The molecule has 2 rings (SSSR count). The summed E-state index contributed by atoms with van der Waals surface area (Å²) >= 11 is 0. The average molecular weight is 223 g/mol. The van der Waals surface area contributed by atoms with Gasteiger partial charge < -0.3 is 14.4 Å². The lowest BCUT2D eigenvalue weighted by Gasteiger charge is -2.14. The van der Waals surface area contributed by atoms with Crippen LogP contribution in [0.5, 0.6) is 0 Å². The topological polar surface area (TPSA) is 53.7 Å². The molecule has 1 atom stereocenters. The largest absolute Gasteiger partial charge is 0.437 e. The van der Waals surface area contributed by atoms with Crippen LogP contribution in [0.2, 0.25) is 0 Å². The summed E-state index contributed by atoms with van der Waals surface area (Å²) in [6, 6.07) is 3.56. The van der Waals surface area contributed by atoms with Gasteiger partial charge in [0.25, 0.3) is 0 Å². The molecule has 16 heavy (non-hydrogen) atoms. The van der Waals surface area contributed by atoms with Crippen LogP contribution in [0, 0.1) is 5.92 Å². The summed E-state index contributed by atoms with van der Waals surface area (Å²) in [6.45, 7) is 3.59. The zero-order valence-electron chi connectivity index (χ0n) is 9.48. The molecule has 1 N–H and O–H groups in total. The van der Waals surface area contributed by atoms with E-state index in [1.54, 1.807) is 6.07 Å². The van der Waals surface area contributed by atoms with Gasteiger partial charge >= 0.3 is 0 Å². The number of aliphatic hydroxyl groups is 1. The molecule has 88 valence electrons. The van der Waals surface area contributed by atoms with Gasteiger partial charge in [-0.3, -0.25) is 4.79 Å². The fraction of sp³-hybridized carbons (Fsp3) is 0.583. The fourth-order valence-corrected chi connectivity index (χ4v) is 2.14. The fourth-order valence-electron chi connectivity index (χ4n) is 2.14. The van der Waals surface area contributed by atoms with Crippen LogP contribution in [-0.4, -0.2) is 30.6 Å². The van der Waals surface area contributed by atoms with Crippen molar-refractivity contribution in [3.8, 4) is 0 Å². The number of rotatable bonds is 4. The molecule has 4 heteroatoms. The summed E-state index contributed by atoms with van der Waals surface area (Å²) in [5.74, 6) is 1.68. The van der Waals surface area contributed by atoms with E-state index in [0.29, 0.717) is 11.7 Å². The summed E-state index contributed by atoms with van der Waals surface area (Å²) in [4.78, 5) is 13.2. The number of aliphatic hydroxyl groups excluding tert-OH is 1. The molecule has 0 radical (unpaired) electrons. The maximum absolute atomic E-state index is 11.1. The third-order valence-corrected chi connectivity index (χ3v) is 3.07. The Balaban J connectivity index is 2.00. The first-order chi connectivity index (χ1) is 7.70. The van der Waals surface area contributed by atoms with Crippen molar-refractivity contribution >= 4 is 11.7 Å². The lowest BCUT2D eigenvalue weighted by atomic mass is 10.1. The Hall–Kier alpha value is -1.29. The second-order valence-corrected chi connectivity index (χ2v) is 4.31. The Bertz CT molecular complexity index is 372. The van der Waals surface area contributed by atoms with Crippen molar-refractivity contribution in [2.24, 2.45) is 5.92 Å². The van der Waals surface area contributed by atoms with Crippen molar-refractivity contribution in [2.45, 2.75) is 19.8 Å². The Morgan fingerprint density at radius 3 is 3.06 bits per heavy atom. The zero-order valence-corrected chi connectivity index (χ0v) is 9.48. The predicted molar refractivity (Wildman–Crippen MR) is 60.7 cm³/mol.